The van der Waals surface area contributed by atoms with Gasteiger partial charge in [0.05, 0.1) is 16.9 Å². The number of hydrogen-bond donors (Lipinski definition) is 0. The summed E-state index contributed by atoms with van der Waals surface area (Å²) in [5.41, 5.74) is 7.24. The number of aromatic nitrogens is 5. The molecule has 5 rings (SSSR count). The summed E-state index contributed by atoms with van der Waals surface area (Å²) in [6, 6.07) is 7.87. The van der Waals surface area contributed by atoms with E-state index < -0.39 is 0 Å². The number of benzene rings is 1. The Balaban J connectivity index is 1.61. The molecule has 0 saturated carbocycles. The Kier molecular flexibility index (Phi) is 3.86. The molecule has 6 nitrogen and oxygen atoms in total. The second kappa shape index (κ2) is 6.41. The molecule has 0 bridgehead atoms. The third kappa shape index (κ3) is 2.81. The monoisotopic (exact) mass is 371 g/mol. The van der Waals surface area contributed by atoms with Crippen molar-refractivity contribution >= 4 is 22.1 Å². The van der Waals surface area contributed by atoms with Gasteiger partial charge in [0.2, 0.25) is 5.82 Å². The molecule has 28 heavy (non-hydrogen) atoms. The van der Waals surface area contributed by atoms with Crippen LogP contribution in [0.15, 0.2) is 42.7 Å². The lowest BCUT2D eigenvalue weighted by Gasteiger charge is -2.12. The predicted octanol–water partition coefficient (Wildman–Crippen LogP) is 4.15. The molecule has 0 radical (unpaired) electrons. The lowest BCUT2D eigenvalue weighted by Crippen LogP contribution is -2.33. The minimum atomic E-state index is 0.424. The number of allylic oxidation sites excluding steroid dienone is 2. The highest BCUT2D eigenvalue weighted by Crippen LogP contribution is 2.28. The number of aryl methyl sites for hydroxylation is 2. The molecule has 0 aliphatic heterocycles. The fraction of sp³-hybridized carbons (Fsp3) is 0.273. The molecule has 0 saturated heterocycles. The summed E-state index contributed by atoms with van der Waals surface area (Å²) in [6.07, 6.45) is 10.8. The number of rotatable bonds is 2. The molecule has 0 amide bonds. The normalized spacial score (nSPS) is 14.6. The largest absolute Gasteiger partial charge is 0.594 e. The van der Waals surface area contributed by atoms with Crippen molar-refractivity contribution in [3.63, 3.8) is 0 Å². The van der Waals surface area contributed by atoms with Gasteiger partial charge < -0.3 is 9.61 Å². The van der Waals surface area contributed by atoms with Crippen molar-refractivity contribution in [1.82, 2.24) is 19.5 Å². The van der Waals surface area contributed by atoms with Crippen molar-refractivity contribution in [3.8, 4) is 11.4 Å². The third-order valence-corrected chi connectivity index (χ3v) is 5.40. The molecule has 0 spiro atoms. The van der Waals surface area contributed by atoms with Crippen LogP contribution in [0.4, 0.5) is 0 Å². The predicted molar refractivity (Wildman–Crippen MR) is 109 cm³/mol. The third-order valence-electron chi connectivity index (χ3n) is 5.40. The minimum Gasteiger partial charge on any atom is -0.594 e. The average Bonchev–Trinajstić information content (AvgIpc) is 3.13. The van der Waals surface area contributed by atoms with Crippen LogP contribution in [0.3, 0.4) is 0 Å². The summed E-state index contributed by atoms with van der Waals surface area (Å²) in [6.45, 7) is 3.94. The Morgan fingerprint density at radius 3 is 2.75 bits per heavy atom. The Bertz CT molecular complexity index is 1250. The summed E-state index contributed by atoms with van der Waals surface area (Å²) in [7, 11) is 0. The van der Waals surface area contributed by atoms with Gasteiger partial charge >= 0.3 is 0 Å². The number of nitrogens with zero attached hydrogens (tertiary/aromatic N) is 5. The van der Waals surface area contributed by atoms with Crippen LogP contribution in [0.1, 0.15) is 42.6 Å². The van der Waals surface area contributed by atoms with Crippen LogP contribution in [0.5, 0.6) is 0 Å². The van der Waals surface area contributed by atoms with Gasteiger partial charge in [-0.3, -0.25) is 4.98 Å². The Morgan fingerprint density at radius 1 is 1.04 bits per heavy atom. The Hall–Kier alpha value is -3.28. The van der Waals surface area contributed by atoms with Crippen molar-refractivity contribution in [1.29, 1.82) is 0 Å². The molecular weight excluding hydrogens is 350 g/mol. The quantitative estimate of drug-likeness (QED) is 0.392. The maximum atomic E-state index is 12.7. The van der Waals surface area contributed by atoms with Crippen molar-refractivity contribution < 1.29 is 4.85 Å². The zero-order chi connectivity index (χ0) is 19.3. The summed E-state index contributed by atoms with van der Waals surface area (Å²) >= 11 is 0. The summed E-state index contributed by atoms with van der Waals surface area (Å²) < 4.78 is 2.01. The Morgan fingerprint density at radius 2 is 1.93 bits per heavy atom. The van der Waals surface area contributed by atoms with E-state index in [0.29, 0.717) is 21.7 Å². The van der Waals surface area contributed by atoms with E-state index in [1.807, 2.05) is 48.8 Å². The van der Waals surface area contributed by atoms with Crippen LogP contribution >= 0.6 is 0 Å². The zero-order valence-corrected chi connectivity index (χ0v) is 16.0. The average molecular weight is 371 g/mol. The van der Waals surface area contributed by atoms with Gasteiger partial charge in [0.25, 0.3) is 5.52 Å². The van der Waals surface area contributed by atoms with E-state index in [-0.39, 0.29) is 0 Å². The van der Waals surface area contributed by atoms with E-state index in [2.05, 4.69) is 27.2 Å². The van der Waals surface area contributed by atoms with Crippen LogP contribution in [0.2, 0.25) is 0 Å². The van der Waals surface area contributed by atoms with E-state index >= 15 is 0 Å². The van der Waals surface area contributed by atoms with Crippen LogP contribution in [-0.2, 0) is 0 Å². The van der Waals surface area contributed by atoms with Crippen molar-refractivity contribution in [2.24, 2.45) is 0 Å². The fourth-order valence-electron chi connectivity index (χ4n) is 4.02. The fourth-order valence-corrected chi connectivity index (χ4v) is 4.02. The molecule has 3 aromatic heterocycles. The van der Waals surface area contributed by atoms with Crippen molar-refractivity contribution in [2.75, 3.05) is 0 Å². The lowest BCUT2D eigenvalue weighted by molar-refractivity contribution is -0.642. The first kappa shape index (κ1) is 16.9. The standard InChI is InChI=1S/C22H21N5O/c1-14-12-26-13-18(11-20(26)15(2)23-14)22-24-19-9-8-17(10-21(19)27(28)25-22)16-6-4-3-5-7-16/h6,8-13H,3-5,7H2,1-2H3. The molecule has 1 aromatic carbocycles. The van der Waals surface area contributed by atoms with Gasteiger partial charge in [0.15, 0.2) is 0 Å². The number of hydrogen-bond acceptors (Lipinski definition) is 4. The van der Waals surface area contributed by atoms with E-state index in [0.717, 1.165) is 40.9 Å². The molecule has 0 unspecified atom stereocenters. The van der Waals surface area contributed by atoms with Gasteiger partial charge in [-0.1, -0.05) is 12.1 Å². The Labute approximate surface area is 162 Å². The highest BCUT2D eigenvalue weighted by molar-refractivity contribution is 5.79. The minimum absolute atomic E-state index is 0.424. The first-order valence-electron chi connectivity index (χ1n) is 9.66. The topological polar surface area (TPSA) is 70.0 Å². The second-order valence-electron chi connectivity index (χ2n) is 7.48. The van der Waals surface area contributed by atoms with Crippen molar-refractivity contribution in [3.05, 3.63) is 64.9 Å². The van der Waals surface area contributed by atoms with E-state index in [9.17, 15) is 5.21 Å². The summed E-state index contributed by atoms with van der Waals surface area (Å²) in [4.78, 5) is 9.85. The smallest absolute Gasteiger partial charge is 0.271 e. The van der Waals surface area contributed by atoms with Crippen LogP contribution in [-0.4, -0.2) is 19.5 Å². The van der Waals surface area contributed by atoms with Gasteiger partial charge in [-0.2, -0.15) is 0 Å². The molecule has 4 aromatic rings. The summed E-state index contributed by atoms with van der Waals surface area (Å²) in [5, 5.41) is 16.9. The SMILES string of the molecule is Cc1cn2cc(-c3nc4ccc(C5=CCCCC5)cc4[n+]([O-])n3)cc2c(C)n1. The zero-order valence-electron chi connectivity index (χ0n) is 16.0. The van der Waals surface area contributed by atoms with Crippen LogP contribution in [0.25, 0.3) is 33.5 Å². The van der Waals surface area contributed by atoms with Crippen LogP contribution < -0.4 is 4.85 Å². The molecular formula is C22H21N5O. The van der Waals surface area contributed by atoms with Gasteiger partial charge in [0, 0.05) is 29.1 Å². The second-order valence-corrected chi connectivity index (χ2v) is 7.48. The molecule has 0 atom stereocenters. The molecule has 0 fully saturated rings. The first-order valence-corrected chi connectivity index (χ1v) is 9.66. The highest BCUT2D eigenvalue weighted by atomic mass is 16.5. The van der Waals surface area contributed by atoms with Gasteiger partial charge in [-0.05, 0) is 67.6 Å². The van der Waals surface area contributed by atoms with E-state index in [4.69, 9.17) is 0 Å². The molecule has 140 valence electrons. The molecule has 0 N–H and O–H groups in total. The van der Waals surface area contributed by atoms with E-state index in [1.165, 1.54) is 18.4 Å². The maximum Gasteiger partial charge on any atom is 0.271 e. The van der Waals surface area contributed by atoms with Gasteiger partial charge in [-0.15, -0.1) is 0 Å². The molecule has 6 heteroatoms. The maximum absolute atomic E-state index is 12.7. The van der Waals surface area contributed by atoms with Crippen molar-refractivity contribution in [2.45, 2.75) is 39.5 Å². The van der Waals surface area contributed by atoms with Gasteiger partial charge in [-0.25, -0.2) is 4.98 Å². The highest BCUT2D eigenvalue weighted by Gasteiger charge is 2.17. The molecule has 3 heterocycles. The summed E-state index contributed by atoms with van der Waals surface area (Å²) in [5.74, 6) is 0.424. The number of fused-ring (bicyclic) bond motifs is 2. The lowest BCUT2D eigenvalue weighted by atomic mass is 9.93. The first-order chi connectivity index (χ1) is 13.6. The van der Waals surface area contributed by atoms with Crippen LogP contribution in [0, 0.1) is 19.1 Å². The molecule has 1 aliphatic rings. The van der Waals surface area contributed by atoms with E-state index in [1.54, 1.807) is 0 Å². The van der Waals surface area contributed by atoms with Gasteiger partial charge in [0.1, 0.15) is 5.52 Å². The molecule has 1 aliphatic carbocycles.